The molecule has 0 radical (unpaired) electrons. The maximum absolute atomic E-state index is 12.6. The second-order valence-corrected chi connectivity index (χ2v) is 6.60. The Hall–Kier alpha value is -3.34. The van der Waals surface area contributed by atoms with Crippen molar-refractivity contribution in [2.45, 2.75) is 26.9 Å². The summed E-state index contributed by atoms with van der Waals surface area (Å²) >= 11 is 0. The molecule has 0 saturated heterocycles. The minimum absolute atomic E-state index is 0.0217. The molecule has 0 aliphatic carbocycles. The summed E-state index contributed by atoms with van der Waals surface area (Å²) in [6.07, 6.45) is 1.75. The van der Waals surface area contributed by atoms with E-state index in [0.717, 1.165) is 17.9 Å². The first-order valence-electron chi connectivity index (χ1n) is 9.44. The van der Waals surface area contributed by atoms with E-state index < -0.39 is 0 Å². The van der Waals surface area contributed by atoms with Crippen LogP contribution in [0.25, 0.3) is 0 Å². The van der Waals surface area contributed by atoms with E-state index in [1.807, 2.05) is 62.4 Å². The first-order chi connectivity index (χ1) is 13.6. The average Bonchev–Trinajstić information content (AvgIpc) is 2.71. The second kappa shape index (κ2) is 9.04. The fourth-order valence-corrected chi connectivity index (χ4v) is 2.92. The van der Waals surface area contributed by atoms with Crippen molar-refractivity contribution < 1.29 is 9.53 Å². The highest BCUT2D eigenvalue weighted by Gasteiger charge is 2.13. The standard InChI is InChI=1S/C23H25N3O2/c1-4-26(18-10-6-5-7-11-18)19-14-15-21(24-16-19)23(27)25-20-12-8-9-13-22(20)28-17(2)3/h5-17H,4H2,1-3H3,(H,25,27). The van der Waals surface area contributed by atoms with Gasteiger partial charge in [0.05, 0.1) is 23.7 Å². The van der Waals surface area contributed by atoms with E-state index in [9.17, 15) is 4.79 Å². The molecule has 1 N–H and O–H groups in total. The van der Waals surface area contributed by atoms with Crippen molar-refractivity contribution in [1.82, 2.24) is 4.98 Å². The van der Waals surface area contributed by atoms with Crippen LogP contribution in [0.15, 0.2) is 72.9 Å². The van der Waals surface area contributed by atoms with E-state index in [2.05, 4.69) is 34.3 Å². The molecule has 0 unspecified atom stereocenters. The normalized spacial score (nSPS) is 10.6. The van der Waals surface area contributed by atoms with Gasteiger partial charge in [0, 0.05) is 12.2 Å². The molecule has 1 amide bonds. The number of hydrogen-bond donors (Lipinski definition) is 1. The molecule has 0 aliphatic rings. The molecule has 28 heavy (non-hydrogen) atoms. The van der Waals surface area contributed by atoms with Crippen molar-refractivity contribution in [1.29, 1.82) is 0 Å². The third-order valence-corrected chi connectivity index (χ3v) is 4.17. The van der Waals surface area contributed by atoms with E-state index in [-0.39, 0.29) is 12.0 Å². The molecule has 3 rings (SSSR count). The van der Waals surface area contributed by atoms with Crippen molar-refractivity contribution in [3.8, 4) is 5.75 Å². The second-order valence-electron chi connectivity index (χ2n) is 6.60. The highest BCUT2D eigenvalue weighted by molar-refractivity contribution is 6.03. The number of benzene rings is 2. The molecule has 1 heterocycles. The summed E-state index contributed by atoms with van der Waals surface area (Å²) < 4.78 is 5.75. The SMILES string of the molecule is CCN(c1ccccc1)c1ccc(C(=O)Nc2ccccc2OC(C)C)nc1. The summed E-state index contributed by atoms with van der Waals surface area (Å²) in [4.78, 5) is 19.1. The van der Waals surface area contributed by atoms with Gasteiger partial charge in [-0.2, -0.15) is 0 Å². The van der Waals surface area contributed by atoms with Crippen molar-refractivity contribution in [3.63, 3.8) is 0 Å². The third kappa shape index (κ3) is 4.68. The zero-order valence-corrected chi connectivity index (χ0v) is 16.4. The maximum Gasteiger partial charge on any atom is 0.274 e. The number of carbonyl (C=O) groups is 1. The Morgan fingerprint density at radius 2 is 1.71 bits per heavy atom. The fourth-order valence-electron chi connectivity index (χ4n) is 2.92. The molecular formula is C23H25N3O2. The Kier molecular flexibility index (Phi) is 6.27. The van der Waals surface area contributed by atoms with E-state index in [0.29, 0.717) is 17.1 Å². The minimum Gasteiger partial charge on any atom is -0.489 e. The van der Waals surface area contributed by atoms with Crippen LogP contribution in [-0.2, 0) is 0 Å². The van der Waals surface area contributed by atoms with Crippen molar-refractivity contribution in [2.24, 2.45) is 0 Å². The molecule has 0 spiro atoms. The molecule has 2 aromatic carbocycles. The maximum atomic E-state index is 12.6. The van der Waals surface area contributed by atoms with E-state index in [1.54, 1.807) is 12.3 Å². The molecule has 144 valence electrons. The number of rotatable bonds is 7. The van der Waals surface area contributed by atoms with Crippen LogP contribution in [-0.4, -0.2) is 23.5 Å². The zero-order valence-electron chi connectivity index (χ0n) is 16.4. The monoisotopic (exact) mass is 375 g/mol. The molecule has 1 aromatic heterocycles. The zero-order chi connectivity index (χ0) is 19.9. The van der Waals surface area contributed by atoms with Gasteiger partial charge in [0.25, 0.3) is 5.91 Å². The van der Waals surface area contributed by atoms with Gasteiger partial charge in [0.2, 0.25) is 0 Å². The number of pyridine rings is 1. The topological polar surface area (TPSA) is 54.5 Å². The Morgan fingerprint density at radius 3 is 2.36 bits per heavy atom. The quantitative estimate of drug-likeness (QED) is 0.610. The number of nitrogens with one attached hydrogen (secondary N) is 1. The van der Waals surface area contributed by atoms with Crippen LogP contribution in [0.2, 0.25) is 0 Å². The molecule has 0 fully saturated rings. The van der Waals surface area contributed by atoms with Crippen LogP contribution in [0.5, 0.6) is 5.75 Å². The number of para-hydroxylation sites is 3. The molecule has 0 bridgehead atoms. The molecule has 5 nitrogen and oxygen atoms in total. The van der Waals surface area contributed by atoms with Crippen LogP contribution in [0, 0.1) is 0 Å². The number of aromatic nitrogens is 1. The predicted octanol–water partition coefficient (Wildman–Crippen LogP) is 5.28. The van der Waals surface area contributed by atoms with E-state index in [1.165, 1.54) is 0 Å². The number of ether oxygens (including phenoxy) is 1. The highest BCUT2D eigenvalue weighted by Crippen LogP contribution is 2.26. The lowest BCUT2D eigenvalue weighted by atomic mass is 10.2. The molecule has 3 aromatic rings. The van der Waals surface area contributed by atoms with Crippen LogP contribution >= 0.6 is 0 Å². The Labute approximate surface area is 166 Å². The van der Waals surface area contributed by atoms with Crippen LogP contribution in [0.4, 0.5) is 17.1 Å². The molecule has 5 heteroatoms. The lowest BCUT2D eigenvalue weighted by Gasteiger charge is -2.23. The number of hydrogen-bond acceptors (Lipinski definition) is 4. The molecule has 0 saturated carbocycles. The van der Waals surface area contributed by atoms with Crippen molar-refractivity contribution >= 4 is 23.0 Å². The van der Waals surface area contributed by atoms with Gasteiger partial charge in [0.1, 0.15) is 11.4 Å². The van der Waals surface area contributed by atoms with Gasteiger partial charge in [-0.3, -0.25) is 4.79 Å². The molecule has 0 atom stereocenters. The molecule has 0 aliphatic heterocycles. The summed E-state index contributed by atoms with van der Waals surface area (Å²) in [5.41, 5.74) is 3.01. The van der Waals surface area contributed by atoms with Gasteiger partial charge in [-0.1, -0.05) is 30.3 Å². The Bertz CT molecular complexity index is 909. The van der Waals surface area contributed by atoms with Crippen molar-refractivity contribution in [2.75, 3.05) is 16.8 Å². The Morgan fingerprint density at radius 1 is 1.00 bits per heavy atom. The summed E-state index contributed by atoms with van der Waals surface area (Å²) in [6, 6.07) is 21.1. The number of anilines is 3. The van der Waals surface area contributed by atoms with Gasteiger partial charge in [-0.25, -0.2) is 4.98 Å². The smallest absolute Gasteiger partial charge is 0.274 e. The number of amides is 1. The van der Waals surface area contributed by atoms with Crippen LogP contribution < -0.4 is 15.0 Å². The van der Waals surface area contributed by atoms with Crippen LogP contribution in [0.3, 0.4) is 0 Å². The van der Waals surface area contributed by atoms with Crippen LogP contribution in [0.1, 0.15) is 31.3 Å². The molecular weight excluding hydrogens is 350 g/mol. The number of nitrogens with zero attached hydrogens (tertiary/aromatic N) is 2. The van der Waals surface area contributed by atoms with Gasteiger partial charge in [-0.15, -0.1) is 0 Å². The summed E-state index contributed by atoms with van der Waals surface area (Å²) in [5.74, 6) is 0.373. The van der Waals surface area contributed by atoms with E-state index >= 15 is 0 Å². The first-order valence-corrected chi connectivity index (χ1v) is 9.44. The average molecular weight is 375 g/mol. The van der Waals surface area contributed by atoms with Gasteiger partial charge >= 0.3 is 0 Å². The van der Waals surface area contributed by atoms with Gasteiger partial charge < -0.3 is 15.0 Å². The summed E-state index contributed by atoms with van der Waals surface area (Å²) in [6.45, 7) is 6.78. The fraction of sp³-hybridized carbons (Fsp3) is 0.217. The lowest BCUT2D eigenvalue weighted by Crippen LogP contribution is -2.18. The first kappa shape index (κ1) is 19.4. The highest BCUT2D eigenvalue weighted by atomic mass is 16.5. The van der Waals surface area contributed by atoms with Gasteiger partial charge in [-0.05, 0) is 57.2 Å². The minimum atomic E-state index is -0.269. The predicted molar refractivity (Wildman–Crippen MR) is 114 cm³/mol. The Balaban J connectivity index is 1.76. The summed E-state index contributed by atoms with van der Waals surface area (Å²) in [5, 5.41) is 2.89. The number of carbonyl (C=O) groups excluding carboxylic acids is 1. The largest absolute Gasteiger partial charge is 0.489 e. The summed E-state index contributed by atoms with van der Waals surface area (Å²) in [7, 11) is 0. The third-order valence-electron chi connectivity index (χ3n) is 4.17. The van der Waals surface area contributed by atoms with Crippen molar-refractivity contribution in [3.05, 3.63) is 78.6 Å². The van der Waals surface area contributed by atoms with E-state index in [4.69, 9.17) is 4.74 Å². The van der Waals surface area contributed by atoms with Gasteiger partial charge in [0.15, 0.2) is 0 Å². The lowest BCUT2D eigenvalue weighted by molar-refractivity contribution is 0.102.